The molecule has 3 aromatic rings. The first kappa shape index (κ1) is 29.3. The van der Waals surface area contributed by atoms with E-state index in [0.717, 1.165) is 53.7 Å². The number of anilines is 1. The minimum absolute atomic E-state index is 0.0242. The molecule has 10 heteroatoms. The average molecular weight is 610 g/mol. The molecule has 1 saturated carbocycles. The molecule has 1 atom stereocenters. The Bertz CT molecular complexity index is 1700. The minimum atomic E-state index is -0.972. The molecule has 2 saturated heterocycles. The van der Waals surface area contributed by atoms with Crippen LogP contribution >= 0.6 is 0 Å². The lowest BCUT2D eigenvalue weighted by molar-refractivity contribution is -0.136. The maximum absolute atomic E-state index is 13.2. The summed E-state index contributed by atoms with van der Waals surface area (Å²) in [4.78, 5) is 66.8. The Morgan fingerprint density at radius 2 is 1.42 bits per heavy atom. The van der Waals surface area contributed by atoms with Crippen LogP contribution in [0, 0.1) is 10.8 Å². The molecule has 2 N–H and O–H groups in total. The van der Waals surface area contributed by atoms with Gasteiger partial charge in [0.15, 0.2) is 0 Å². The van der Waals surface area contributed by atoms with Gasteiger partial charge in [0.2, 0.25) is 11.8 Å². The number of imide groups is 2. The monoisotopic (exact) mass is 609 g/mol. The van der Waals surface area contributed by atoms with Crippen molar-refractivity contribution in [2.45, 2.75) is 77.9 Å². The zero-order chi connectivity index (χ0) is 31.8. The lowest BCUT2D eigenvalue weighted by Crippen LogP contribution is -2.63. The van der Waals surface area contributed by atoms with Crippen molar-refractivity contribution in [2.75, 3.05) is 18.0 Å². The van der Waals surface area contributed by atoms with Gasteiger partial charge in [0.05, 0.1) is 11.1 Å². The summed E-state index contributed by atoms with van der Waals surface area (Å²) in [5, 5.41) is 7.23. The highest BCUT2D eigenvalue weighted by Crippen LogP contribution is 2.53. The highest BCUT2D eigenvalue weighted by molar-refractivity contribution is 6.25. The van der Waals surface area contributed by atoms with Crippen LogP contribution in [0.3, 0.4) is 0 Å². The van der Waals surface area contributed by atoms with Gasteiger partial charge in [-0.3, -0.25) is 34.2 Å². The number of carbonyl (C=O) groups excluding carboxylic acids is 5. The van der Waals surface area contributed by atoms with Crippen molar-refractivity contribution in [1.82, 2.24) is 20.1 Å². The Morgan fingerprint density at radius 1 is 0.844 bits per heavy atom. The summed E-state index contributed by atoms with van der Waals surface area (Å²) >= 11 is 0. The number of nitrogens with one attached hydrogen (secondary N) is 2. The van der Waals surface area contributed by atoms with Crippen molar-refractivity contribution in [3.8, 4) is 0 Å². The van der Waals surface area contributed by atoms with Crippen LogP contribution in [0.15, 0.2) is 48.8 Å². The van der Waals surface area contributed by atoms with Crippen LogP contribution in [0.25, 0.3) is 10.8 Å². The van der Waals surface area contributed by atoms with Crippen molar-refractivity contribution in [3.63, 3.8) is 0 Å². The van der Waals surface area contributed by atoms with Gasteiger partial charge in [0, 0.05) is 66.0 Å². The summed E-state index contributed by atoms with van der Waals surface area (Å²) < 4.78 is 2.18. The number of hydrogen-bond donors (Lipinski definition) is 2. The van der Waals surface area contributed by atoms with E-state index in [0.29, 0.717) is 16.7 Å². The topological polar surface area (TPSA) is 121 Å². The highest BCUT2D eigenvalue weighted by Gasteiger charge is 2.53. The molecule has 0 bridgehead atoms. The van der Waals surface area contributed by atoms with Crippen LogP contribution in [0.2, 0.25) is 0 Å². The smallest absolute Gasteiger partial charge is 0.262 e. The zero-order valence-corrected chi connectivity index (χ0v) is 26.2. The number of amides is 5. The largest absolute Gasteiger partial charge is 0.371 e. The Hall–Kier alpha value is -4.47. The molecule has 2 aromatic carbocycles. The Morgan fingerprint density at radius 3 is 1.96 bits per heavy atom. The van der Waals surface area contributed by atoms with Crippen molar-refractivity contribution in [1.29, 1.82) is 0 Å². The summed E-state index contributed by atoms with van der Waals surface area (Å²) in [6.45, 7) is 10.6. The van der Waals surface area contributed by atoms with Crippen LogP contribution in [0.4, 0.5) is 5.69 Å². The summed E-state index contributed by atoms with van der Waals surface area (Å²) in [7, 11) is 0. The normalized spacial score (nSPS) is 23.2. The molecule has 4 aliphatic rings. The van der Waals surface area contributed by atoms with Crippen LogP contribution in [0.5, 0.6) is 0 Å². The molecule has 10 nitrogen and oxygen atoms in total. The molecule has 7 rings (SSSR count). The van der Waals surface area contributed by atoms with Gasteiger partial charge in [-0.1, -0.05) is 27.7 Å². The molecule has 1 aromatic heterocycles. The molecule has 5 amide bonds. The number of carbonyl (C=O) groups is 5. The van der Waals surface area contributed by atoms with E-state index < -0.39 is 29.7 Å². The third-order valence-electron chi connectivity index (χ3n) is 10.4. The summed E-state index contributed by atoms with van der Waals surface area (Å²) in [5.41, 5.74) is 2.56. The van der Waals surface area contributed by atoms with E-state index in [4.69, 9.17) is 0 Å². The van der Waals surface area contributed by atoms with Gasteiger partial charge in [-0.25, -0.2) is 0 Å². The molecular weight excluding hydrogens is 570 g/mol. The molecule has 45 heavy (non-hydrogen) atoms. The number of nitrogens with zero attached hydrogens (tertiary/aromatic N) is 3. The van der Waals surface area contributed by atoms with Crippen molar-refractivity contribution < 1.29 is 24.0 Å². The number of benzene rings is 2. The number of piperidine rings is 2. The SMILES string of the molecule is CC1(C)CC(C)(C)C1NC(=O)c1ccc(N2CCC(n3cc4cc5c(cc4c3)C(=O)N(C3CCC(=O)NC3=O)C5=O)CC2)cc1. The third kappa shape index (κ3) is 4.91. The van der Waals surface area contributed by atoms with Crippen LogP contribution in [-0.2, 0) is 9.59 Å². The second kappa shape index (κ2) is 10.3. The maximum Gasteiger partial charge on any atom is 0.262 e. The van der Waals surface area contributed by atoms with E-state index in [-0.39, 0.29) is 41.7 Å². The zero-order valence-electron chi connectivity index (χ0n) is 26.2. The highest BCUT2D eigenvalue weighted by atomic mass is 16.2. The fraction of sp³-hybridized carbons (Fsp3) is 0.457. The van der Waals surface area contributed by atoms with Gasteiger partial charge in [0.1, 0.15) is 6.04 Å². The van der Waals surface area contributed by atoms with Crippen molar-refractivity contribution in [2.24, 2.45) is 10.8 Å². The van der Waals surface area contributed by atoms with Crippen molar-refractivity contribution >= 4 is 46.0 Å². The fourth-order valence-electron chi connectivity index (χ4n) is 8.50. The number of aromatic nitrogens is 1. The summed E-state index contributed by atoms with van der Waals surface area (Å²) in [6, 6.07) is 10.8. The van der Waals surface area contributed by atoms with E-state index in [1.165, 1.54) is 0 Å². The third-order valence-corrected chi connectivity index (χ3v) is 10.4. The van der Waals surface area contributed by atoms with Crippen LogP contribution in [0.1, 0.15) is 96.9 Å². The molecule has 0 radical (unpaired) electrons. The van der Waals surface area contributed by atoms with E-state index in [2.05, 4.69) is 47.8 Å². The van der Waals surface area contributed by atoms with Crippen molar-refractivity contribution in [3.05, 3.63) is 65.5 Å². The standard InChI is InChI=1S/C35H39N5O5/c1-34(2)19-35(3,4)33(34)37-29(42)20-5-7-23(8-6-20)38-13-11-24(12-14-38)39-17-21-15-25-26(16-22(21)18-39)32(45)40(31(25)44)27-9-10-28(41)36-30(27)43/h5-8,15-18,24,27,33H,9-14,19H2,1-4H3,(H,37,42)(H,36,41,43). The van der Waals surface area contributed by atoms with Gasteiger partial charge in [0.25, 0.3) is 17.7 Å². The van der Waals surface area contributed by atoms with Gasteiger partial charge in [-0.15, -0.1) is 0 Å². The Balaban J connectivity index is 0.996. The van der Waals surface area contributed by atoms with E-state index in [1.807, 2.05) is 36.7 Å². The first-order valence-corrected chi connectivity index (χ1v) is 15.9. The van der Waals surface area contributed by atoms with E-state index in [9.17, 15) is 24.0 Å². The molecule has 1 unspecified atom stereocenters. The van der Waals surface area contributed by atoms with Gasteiger partial charge in [-0.2, -0.15) is 0 Å². The minimum Gasteiger partial charge on any atom is -0.371 e. The lowest BCUT2D eigenvalue weighted by atomic mass is 9.52. The first-order chi connectivity index (χ1) is 21.3. The van der Waals surface area contributed by atoms with Crippen LogP contribution in [-0.4, -0.2) is 64.2 Å². The second-order valence-electron chi connectivity index (χ2n) is 14.5. The van der Waals surface area contributed by atoms with E-state index in [1.54, 1.807) is 12.1 Å². The predicted molar refractivity (Wildman–Crippen MR) is 169 cm³/mol. The van der Waals surface area contributed by atoms with Crippen LogP contribution < -0.4 is 15.5 Å². The molecule has 234 valence electrons. The molecule has 1 aliphatic carbocycles. The average Bonchev–Trinajstić information content (AvgIpc) is 3.52. The maximum atomic E-state index is 13.2. The van der Waals surface area contributed by atoms with Gasteiger partial charge >= 0.3 is 0 Å². The van der Waals surface area contributed by atoms with Gasteiger partial charge < -0.3 is 14.8 Å². The number of fused-ring (bicyclic) bond motifs is 2. The summed E-state index contributed by atoms with van der Waals surface area (Å²) in [6.07, 6.45) is 7.23. The first-order valence-electron chi connectivity index (χ1n) is 15.9. The molecule has 3 fully saturated rings. The van der Waals surface area contributed by atoms with E-state index >= 15 is 0 Å². The quantitative estimate of drug-likeness (QED) is 0.413. The lowest BCUT2D eigenvalue weighted by Gasteiger charge is -2.57. The summed E-state index contributed by atoms with van der Waals surface area (Å²) in [5.74, 6) is -2.01. The molecule has 4 heterocycles. The molecule has 3 aliphatic heterocycles. The van der Waals surface area contributed by atoms with Gasteiger partial charge in [-0.05, 0) is 72.9 Å². The Labute approximate surface area is 262 Å². The fourth-order valence-corrected chi connectivity index (χ4v) is 8.50. The molecular formula is C35H39N5O5. The number of hydrogen-bond acceptors (Lipinski definition) is 6. The number of rotatable bonds is 5. The Kier molecular flexibility index (Phi) is 6.69. The predicted octanol–water partition coefficient (Wildman–Crippen LogP) is 4.44. The molecule has 0 spiro atoms. The second-order valence-corrected chi connectivity index (χ2v) is 14.5.